The zero-order chi connectivity index (χ0) is 23.5. The van der Waals surface area contributed by atoms with Crippen LogP contribution in [0.2, 0.25) is 0 Å². The van der Waals surface area contributed by atoms with Gasteiger partial charge in [-0.1, -0.05) is 50.2 Å². The Morgan fingerprint density at radius 1 is 1.09 bits per heavy atom. The molecule has 0 fully saturated rings. The Bertz CT molecular complexity index is 1180. The molecule has 2 heterocycles. The Kier molecular flexibility index (Phi) is 6.49. The lowest BCUT2D eigenvalue weighted by Crippen LogP contribution is -2.43. The lowest BCUT2D eigenvalue weighted by Gasteiger charge is -2.26. The molecule has 0 unspecified atom stereocenters. The van der Waals surface area contributed by atoms with Crippen LogP contribution in [0.1, 0.15) is 54.2 Å². The first-order valence-electron chi connectivity index (χ1n) is 11.2. The van der Waals surface area contributed by atoms with Crippen LogP contribution in [0.3, 0.4) is 0 Å². The molecule has 0 saturated carbocycles. The summed E-state index contributed by atoms with van der Waals surface area (Å²) in [6, 6.07) is 14.6. The maximum atomic E-state index is 13.3. The predicted molar refractivity (Wildman–Crippen MR) is 126 cm³/mol. The summed E-state index contributed by atoms with van der Waals surface area (Å²) >= 11 is 0. The van der Waals surface area contributed by atoms with Crippen LogP contribution >= 0.6 is 0 Å². The fraction of sp³-hybridized carbons (Fsp3) is 0.346. The third-order valence-electron chi connectivity index (χ3n) is 6.08. The molecule has 7 heteroatoms. The largest absolute Gasteiger partial charge is 0.467 e. The van der Waals surface area contributed by atoms with Crippen LogP contribution in [-0.4, -0.2) is 47.4 Å². The monoisotopic (exact) mass is 447 g/mol. The summed E-state index contributed by atoms with van der Waals surface area (Å²) in [5.74, 6) is -0.624. The average molecular weight is 448 g/mol. The number of aromatic amines is 1. The van der Waals surface area contributed by atoms with Gasteiger partial charge in [-0.05, 0) is 30.0 Å². The SMILES string of the molecule is COC(=O)[C@H](CC(C)C)NC(=O)CCN1C(=O)c2ccccc2[C@H]1c1c[nH]c2ccccc12. The standard InChI is InChI=1S/C26H29N3O4/c1-16(2)14-22(26(32)33-3)28-23(30)12-13-29-24(18-9-4-5-10-19(18)25(29)31)20-15-27-21-11-7-6-8-17(20)21/h4-11,15-16,22,24,27H,12-14H2,1-3H3,(H,28,30)/t22-,24-/m0/s1. The first-order chi connectivity index (χ1) is 15.9. The fourth-order valence-electron chi connectivity index (χ4n) is 4.57. The topological polar surface area (TPSA) is 91.5 Å². The van der Waals surface area contributed by atoms with Gasteiger partial charge in [-0.15, -0.1) is 0 Å². The Labute approximate surface area is 193 Å². The van der Waals surface area contributed by atoms with Crippen LogP contribution in [0.5, 0.6) is 0 Å². The van der Waals surface area contributed by atoms with Gasteiger partial charge in [0.05, 0.1) is 13.2 Å². The number of methoxy groups -OCH3 is 1. The molecular formula is C26H29N3O4. The third kappa shape index (κ3) is 4.49. The highest BCUT2D eigenvalue weighted by Gasteiger charge is 2.38. The van der Waals surface area contributed by atoms with Crippen molar-refractivity contribution < 1.29 is 19.1 Å². The first-order valence-corrected chi connectivity index (χ1v) is 11.2. The van der Waals surface area contributed by atoms with E-state index in [4.69, 9.17) is 4.74 Å². The third-order valence-corrected chi connectivity index (χ3v) is 6.08. The number of ether oxygens (including phenoxy) is 1. The van der Waals surface area contributed by atoms with E-state index in [2.05, 4.69) is 10.3 Å². The highest BCUT2D eigenvalue weighted by atomic mass is 16.5. The van der Waals surface area contributed by atoms with E-state index in [-0.39, 0.29) is 36.7 Å². The summed E-state index contributed by atoms with van der Waals surface area (Å²) < 4.78 is 4.84. The molecule has 0 spiro atoms. The van der Waals surface area contributed by atoms with Crippen molar-refractivity contribution in [3.63, 3.8) is 0 Å². The Hall–Kier alpha value is -3.61. The van der Waals surface area contributed by atoms with Crippen molar-refractivity contribution >= 4 is 28.7 Å². The maximum absolute atomic E-state index is 13.3. The van der Waals surface area contributed by atoms with E-state index in [0.29, 0.717) is 12.0 Å². The molecule has 4 rings (SSSR count). The van der Waals surface area contributed by atoms with E-state index in [1.165, 1.54) is 7.11 Å². The van der Waals surface area contributed by atoms with Gasteiger partial charge >= 0.3 is 5.97 Å². The number of fused-ring (bicyclic) bond motifs is 2. The van der Waals surface area contributed by atoms with E-state index >= 15 is 0 Å². The molecule has 0 bridgehead atoms. The molecule has 1 aromatic heterocycles. The minimum absolute atomic E-state index is 0.0875. The number of H-pyrrole nitrogens is 1. The Morgan fingerprint density at radius 2 is 1.82 bits per heavy atom. The number of nitrogens with one attached hydrogen (secondary N) is 2. The summed E-state index contributed by atoms with van der Waals surface area (Å²) in [6.07, 6.45) is 2.52. The number of amides is 2. The number of benzene rings is 2. The van der Waals surface area contributed by atoms with Gasteiger partial charge in [-0.25, -0.2) is 4.79 Å². The number of para-hydroxylation sites is 1. The molecule has 0 saturated heterocycles. The van der Waals surface area contributed by atoms with Crippen molar-refractivity contribution in [3.05, 3.63) is 71.4 Å². The van der Waals surface area contributed by atoms with Crippen LogP contribution in [0, 0.1) is 5.92 Å². The van der Waals surface area contributed by atoms with E-state index in [1.807, 2.05) is 68.6 Å². The van der Waals surface area contributed by atoms with Gasteiger partial charge in [-0.3, -0.25) is 9.59 Å². The van der Waals surface area contributed by atoms with Gasteiger partial charge in [0.15, 0.2) is 0 Å². The smallest absolute Gasteiger partial charge is 0.328 e. The van der Waals surface area contributed by atoms with Crippen molar-refractivity contribution in [2.75, 3.05) is 13.7 Å². The van der Waals surface area contributed by atoms with E-state index in [0.717, 1.165) is 22.0 Å². The molecule has 0 radical (unpaired) electrons. The van der Waals surface area contributed by atoms with Crippen LogP contribution in [0.4, 0.5) is 0 Å². The molecule has 2 N–H and O–H groups in total. The zero-order valence-electron chi connectivity index (χ0n) is 19.1. The number of hydrogen-bond acceptors (Lipinski definition) is 4. The highest BCUT2D eigenvalue weighted by molar-refractivity contribution is 6.01. The van der Waals surface area contributed by atoms with Crippen LogP contribution in [-0.2, 0) is 14.3 Å². The Morgan fingerprint density at radius 3 is 2.58 bits per heavy atom. The molecule has 1 aliphatic rings. The predicted octanol–water partition coefficient (Wildman–Crippen LogP) is 3.81. The summed E-state index contributed by atoms with van der Waals surface area (Å²) in [7, 11) is 1.31. The second-order valence-corrected chi connectivity index (χ2v) is 8.80. The molecule has 2 atom stereocenters. The lowest BCUT2D eigenvalue weighted by atomic mass is 9.97. The summed E-state index contributed by atoms with van der Waals surface area (Å²) in [5.41, 5.74) is 3.58. The van der Waals surface area contributed by atoms with Gasteiger partial charge in [-0.2, -0.15) is 0 Å². The minimum atomic E-state index is -0.696. The number of nitrogens with zero attached hydrogens (tertiary/aromatic N) is 1. The van der Waals surface area contributed by atoms with Gasteiger partial charge in [0.1, 0.15) is 6.04 Å². The zero-order valence-corrected chi connectivity index (χ0v) is 19.1. The number of aromatic nitrogens is 1. The molecule has 3 aromatic rings. The van der Waals surface area contributed by atoms with Gasteiger partial charge in [0, 0.05) is 41.2 Å². The van der Waals surface area contributed by atoms with E-state index in [1.54, 1.807) is 4.90 Å². The number of hydrogen-bond donors (Lipinski definition) is 2. The molecule has 1 aliphatic heterocycles. The highest BCUT2D eigenvalue weighted by Crippen LogP contribution is 2.41. The summed E-state index contributed by atoms with van der Waals surface area (Å²) in [6.45, 7) is 4.20. The lowest BCUT2D eigenvalue weighted by molar-refractivity contribution is -0.145. The van der Waals surface area contributed by atoms with Crippen molar-refractivity contribution in [1.82, 2.24) is 15.2 Å². The van der Waals surface area contributed by atoms with Crippen LogP contribution < -0.4 is 5.32 Å². The van der Waals surface area contributed by atoms with Gasteiger partial charge in [0.25, 0.3) is 5.91 Å². The van der Waals surface area contributed by atoms with Crippen molar-refractivity contribution in [2.24, 2.45) is 5.92 Å². The summed E-state index contributed by atoms with van der Waals surface area (Å²) in [4.78, 5) is 43.1. The average Bonchev–Trinajstić information content (AvgIpc) is 3.35. The number of carbonyl (C=O) groups excluding carboxylic acids is 3. The van der Waals surface area contributed by atoms with Gasteiger partial charge < -0.3 is 19.9 Å². The Balaban J connectivity index is 1.56. The molecule has 7 nitrogen and oxygen atoms in total. The molecule has 172 valence electrons. The second-order valence-electron chi connectivity index (χ2n) is 8.80. The quantitative estimate of drug-likeness (QED) is 0.514. The molecule has 2 amide bonds. The maximum Gasteiger partial charge on any atom is 0.328 e. The normalized spacial score (nSPS) is 16.2. The van der Waals surface area contributed by atoms with Crippen molar-refractivity contribution in [2.45, 2.75) is 38.8 Å². The number of rotatable bonds is 8. The molecular weight excluding hydrogens is 418 g/mol. The molecule has 2 aromatic carbocycles. The molecule has 33 heavy (non-hydrogen) atoms. The van der Waals surface area contributed by atoms with E-state index in [9.17, 15) is 14.4 Å². The first kappa shape index (κ1) is 22.6. The van der Waals surface area contributed by atoms with Crippen molar-refractivity contribution in [1.29, 1.82) is 0 Å². The minimum Gasteiger partial charge on any atom is -0.467 e. The number of esters is 1. The van der Waals surface area contributed by atoms with E-state index < -0.39 is 12.0 Å². The van der Waals surface area contributed by atoms with Crippen LogP contribution in [0.25, 0.3) is 10.9 Å². The summed E-state index contributed by atoms with van der Waals surface area (Å²) in [5, 5.41) is 3.83. The van der Waals surface area contributed by atoms with Crippen LogP contribution in [0.15, 0.2) is 54.7 Å². The van der Waals surface area contributed by atoms with Crippen molar-refractivity contribution in [3.8, 4) is 0 Å². The second kappa shape index (κ2) is 9.48. The fourth-order valence-corrected chi connectivity index (χ4v) is 4.57. The van der Waals surface area contributed by atoms with Gasteiger partial charge in [0.2, 0.25) is 5.91 Å². The molecule has 0 aliphatic carbocycles. The number of carbonyl (C=O) groups is 3.